The SMILES string of the molecule is COc1cc([C@H](N)CCO)c(Br)c(Br)c1O.Cl. The van der Waals surface area contributed by atoms with Gasteiger partial charge in [-0.1, -0.05) is 0 Å². The van der Waals surface area contributed by atoms with Crippen LogP contribution >= 0.6 is 44.3 Å². The number of hydrogen-bond donors (Lipinski definition) is 3. The maximum atomic E-state index is 9.72. The summed E-state index contributed by atoms with van der Waals surface area (Å²) in [6.45, 7) is 0.00835. The summed E-state index contributed by atoms with van der Waals surface area (Å²) in [6, 6.07) is 1.34. The summed E-state index contributed by atoms with van der Waals surface area (Å²) in [5, 5.41) is 18.6. The lowest BCUT2D eigenvalue weighted by Crippen LogP contribution is -2.13. The van der Waals surface area contributed by atoms with Crippen LogP contribution in [0.4, 0.5) is 0 Å². The van der Waals surface area contributed by atoms with Gasteiger partial charge in [0.2, 0.25) is 0 Å². The Morgan fingerprint density at radius 2 is 2.00 bits per heavy atom. The van der Waals surface area contributed by atoms with E-state index in [0.29, 0.717) is 21.1 Å². The van der Waals surface area contributed by atoms with Crippen LogP contribution < -0.4 is 10.5 Å². The number of methoxy groups -OCH3 is 1. The predicted molar refractivity (Wildman–Crippen MR) is 75.9 cm³/mol. The first kappa shape index (κ1) is 17.0. The largest absolute Gasteiger partial charge is 0.503 e. The monoisotopic (exact) mass is 389 g/mol. The molecule has 0 bridgehead atoms. The third kappa shape index (κ3) is 3.72. The Morgan fingerprint density at radius 3 is 2.47 bits per heavy atom. The zero-order chi connectivity index (χ0) is 12.3. The number of ether oxygens (including phenoxy) is 1. The van der Waals surface area contributed by atoms with Crippen LogP contribution in [0.1, 0.15) is 18.0 Å². The molecular formula is C10H14Br2ClNO3. The van der Waals surface area contributed by atoms with Crippen LogP contribution in [0.15, 0.2) is 15.0 Å². The van der Waals surface area contributed by atoms with Gasteiger partial charge in [-0.2, -0.15) is 0 Å². The fourth-order valence-electron chi connectivity index (χ4n) is 1.33. The number of phenols is 1. The molecule has 17 heavy (non-hydrogen) atoms. The van der Waals surface area contributed by atoms with E-state index in [4.69, 9.17) is 15.6 Å². The average Bonchev–Trinajstić information content (AvgIpc) is 2.27. The van der Waals surface area contributed by atoms with Crippen LogP contribution in [0.5, 0.6) is 11.5 Å². The number of phenolic OH excluding ortho intramolecular Hbond substituents is 1. The minimum atomic E-state index is -0.315. The Kier molecular flexibility index (Phi) is 7.43. The molecule has 0 saturated heterocycles. The van der Waals surface area contributed by atoms with E-state index in [2.05, 4.69) is 31.9 Å². The molecule has 0 unspecified atom stereocenters. The first-order chi connectivity index (χ1) is 7.52. The number of aliphatic hydroxyl groups is 1. The Labute approximate surface area is 123 Å². The number of aliphatic hydroxyl groups excluding tert-OH is 1. The quantitative estimate of drug-likeness (QED) is 0.738. The maximum Gasteiger partial charge on any atom is 0.173 e. The molecule has 0 saturated carbocycles. The maximum absolute atomic E-state index is 9.72. The molecule has 0 aromatic heterocycles. The Bertz CT molecular complexity index is 390. The molecule has 98 valence electrons. The summed E-state index contributed by atoms with van der Waals surface area (Å²) in [7, 11) is 1.47. The molecule has 4 nitrogen and oxygen atoms in total. The molecule has 1 aromatic carbocycles. The summed E-state index contributed by atoms with van der Waals surface area (Å²) in [5.74, 6) is 0.368. The highest BCUT2D eigenvalue weighted by Gasteiger charge is 2.18. The van der Waals surface area contributed by atoms with Crippen molar-refractivity contribution in [1.82, 2.24) is 0 Å². The van der Waals surface area contributed by atoms with Crippen molar-refractivity contribution in [1.29, 1.82) is 0 Å². The molecule has 7 heteroatoms. The second kappa shape index (κ2) is 7.43. The zero-order valence-electron chi connectivity index (χ0n) is 9.11. The van der Waals surface area contributed by atoms with Crippen molar-refractivity contribution in [3.63, 3.8) is 0 Å². The third-order valence-corrected chi connectivity index (χ3v) is 4.39. The van der Waals surface area contributed by atoms with E-state index in [0.717, 1.165) is 5.56 Å². The Morgan fingerprint density at radius 1 is 1.41 bits per heavy atom. The highest BCUT2D eigenvalue weighted by Crippen LogP contribution is 2.43. The van der Waals surface area contributed by atoms with Gasteiger partial charge in [0.1, 0.15) is 0 Å². The van der Waals surface area contributed by atoms with Crippen LogP contribution in [0.25, 0.3) is 0 Å². The second-order valence-corrected chi connectivity index (χ2v) is 4.85. The molecule has 0 radical (unpaired) electrons. The molecule has 0 aliphatic heterocycles. The highest BCUT2D eigenvalue weighted by molar-refractivity contribution is 9.13. The highest BCUT2D eigenvalue weighted by atomic mass is 79.9. The third-order valence-electron chi connectivity index (χ3n) is 2.23. The van der Waals surface area contributed by atoms with Crippen molar-refractivity contribution in [2.45, 2.75) is 12.5 Å². The molecule has 0 aliphatic carbocycles. The summed E-state index contributed by atoms with van der Waals surface area (Å²) in [4.78, 5) is 0. The molecule has 0 amide bonds. The van der Waals surface area contributed by atoms with Crippen LogP contribution in [0, 0.1) is 0 Å². The standard InChI is InChI=1S/C10H13Br2NO3.ClH/c1-16-7-4-5(6(13)2-3-14)8(11)9(12)10(7)15;/h4,6,14-15H,2-3,13H2,1H3;1H/t6-;/m1./s1. The smallest absolute Gasteiger partial charge is 0.173 e. The number of nitrogens with two attached hydrogens (primary N) is 1. The average molecular weight is 391 g/mol. The molecule has 4 N–H and O–H groups in total. The molecule has 0 heterocycles. The van der Waals surface area contributed by atoms with Crippen molar-refractivity contribution < 1.29 is 14.9 Å². The number of hydrogen-bond acceptors (Lipinski definition) is 4. The molecule has 0 spiro atoms. The van der Waals surface area contributed by atoms with Crippen LogP contribution in [-0.4, -0.2) is 23.9 Å². The Hall–Kier alpha value is -0.0100. The summed E-state index contributed by atoms with van der Waals surface area (Å²) >= 11 is 6.59. The van der Waals surface area contributed by atoms with Crippen LogP contribution in [-0.2, 0) is 0 Å². The van der Waals surface area contributed by atoms with E-state index >= 15 is 0 Å². The minimum absolute atomic E-state index is 0. The van der Waals surface area contributed by atoms with E-state index in [9.17, 15) is 5.11 Å². The lowest BCUT2D eigenvalue weighted by Gasteiger charge is -2.16. The fourth-order valence-corrected chi connectivity index (χ4v) is 2.35. The lowest BCUT2D eigenvalue weighted by molar-refractivity contribution is 0.276. The van der Waals surface area contributed by atoms with Gasteiger partial charge in [-0.15, -0.1) is 12.4 Å². The lowest BCUT2D eigenvalue weighted by atomic mass is 10.0. The van der Waals surface area contributed by atoms with Crippen LogP contribution in [0.3, 0.4) is 0 Å². The van der Waals surface area contributed by atoms with Gasteiger partial charge in [-0.05, 0) is 49.9 Å². The van der Waals surface area contributed by atoms with E-state index in [1.165, 1.54) is 7.11 Å². The molecule has 0 aliphatic rings. The normalized spacial score (nSPS) is 11.8. The van der Waals surface area contributed by atoms with Crippen molar-refractivity contribution in [2.24, 2.45) is 5.73 Å². The van der Waals surface area contributed by atoms with Crippen LogP contribution in [0.2, 0.25) is 0 Å². The number of rotatable bonds is 4. The molecule has 0 fully saturated rings. The minimum Gasteiger partial charge on any atom is -0.503 e. The van der Waals surface area contributed by atoms with Gasteiger partial charge in [0, 0.05) is 17.1 Å². The number of aromatic hydroxyl groups is 1. The summed E-state index contributed by atoms with van der Waals surface area (Å²) in [6.07, 6.45) is 0.443. The van der Waals surface area contributed by atoms with Gasteiger partial charge in [-0.3, -0.25) is 0 Å². The van der Waals surface area contributed by atoms with Gasteiger partial charge in [0.25, 0.3) is 0 Å². The zero-order valence-corrected chi connectivity index (χ0v) is 13.1. The van der Waals surface area contributed by atoms with Gasteiger partial charge in [0.15, 0.2) is 11.5 Å². The first-order valence-electron chi connectivity index (χ1n) is 4.64. The van der Waals surface area contributed by atoms with Gasteiger partial charge in [0.05, 0.1) is 11.6 Å². The number of benzene rings is 1. The van der Waals surface area contributed by atoms with Gasteiger partial charge in [-0.25, -0.2) is 0 Å². The van der Waals surface area contributed by atoms with Crippen molar-refractivity contribution in [3.8, 4) is 11.5 Å². The Balaban J connectivity index is 0.00000256. The van der Waals surface area contributed by atoms with Crippen molar-refractivity contribution in [2.75, 3.05) is 13.7 Å². The summed E-state index contributed by atoms with van der Waals surface area (Å²) in [5.41, 5.74) is 6.67. The first-order valence-corrected chi connectivity index (χ1v) is 6.22. The topological polar surface area (TPSA) is 75.7 Å². The van der Waals surface area contributed by atoms with Crippen molar-refractivity contribution >= 4 is 44.3 Å². The summed E-state index contributed by atoms with van der Waals surface area (Å²) < 4.78 is 6.20. The van der Waals surface area contributed by atoms with E-state index in [1.807, 2.05) is 0 Å². The van der Waals surface area contributed by atoms with E-state index in [-0.39, 0.29) is 30.8 Å². The van der Waals surface area contributed by atoms with E-state index in [1.54, 1.807) is 6.07 Å². The molecule has 1 aromatic rings. The number of halogens is 3. The van der Waals surface area contributed by atoms with Gasteiger partial charge >= 0.3 is 0 Å². The predicted octanol–water partition coefficient (Wildman–Crippen LogP) is 2.73. The molecule has 1 rings (SSSR count). The van der Waals surface area contributed by atoms with Gasteiger partial charge < -0.3 is 20.7 Å². The van der Waals surface area contributed by atoms with Crippen molar-refractivity contribution in [3.05, 3.63) is 20.6 Å². The molecular weight excluding hydrogens is 377 g/mol. The fraction of sp³-hybridized carbons (Fsp3) is 0.400. The molecule has 1 atom stereocenters. The second-order valence-electron chi connectivity index (χ2n) is 3.26. The van der Waals surface area contributed by atoms with E-state index < -0.39 is 0 Å².